The lowest BCUT2D eigenvalue weighted by Gasteiger charge is -2.26. The summed E-state index contributed by atoms with van der Waals surface area (Å²) in [5.74, 6) is -1.04. The van der Waals surface area contributed by atoms with E-state index in [0.29, 0.717) is 30.2 Å². The molecule has 0 aromatic heterocycles. The van der Waals surface area contributed by atoms with E-state index in [4.69, 9.17) is 16.3 Å². The number of fused-ring (bicyclic) bond motifs is 1. The summed E-state index contributed by atoms with van der Waals surface area (Å²) in [5.41, 5.74) is 3.33. The van der Waals surface area contributed by atoms with E-state index in [9.17, 15) is 18.8 Å². The fourth-order valence-electron chi connectivity index (χ4n) is 5.47. The van der Waals surface area contributed by atoms with E-state index in [1.165, 1.54) is 12.1 Å². The molecule has 6 nitrogen and oxygen atoms in total. The van der Waals surface area contributed by atoms with Crippen molar-refractivity contribution in [2.24, 2.45) is 5.41 Å². The van der Waals surface area contributed by atoms with Crippen molar-refractivity contribution >= 4 is 41.1 Å². The predicted octanol–water partition coefficient (Wildman–Crippen LogP) is 6.63. The molecule has 1 spiro atoms. The molecule has 8 heteroatoms. The average Bonchev–Trinajstić information content (AvgIpc) is 3.26. The lowest BCUT2D eigenvalue weighted by Crippen LogP contribution is -2.33. The Labute approximate surface area is 231 Å². The van der Waals surface area contributed by atoms with E-state index in [2.05, 4.69) is 11.4 Å². The second-order valence-electron chi connectivity index (χ2n) is 9.93. The van der Waals surface area contributed by atoms with Crippen molar-refractivity contribution in [1.82, 2.24) is 0 Å². The van der Waals surface area contributed by atoms with E-state index in [-0.39, 0.29) is 21.9 Å². The van der Waals surface area contributed by atoms with Gasteiger partial charge in [0.25, 0.3) is 11.8 Å². The average molecular weight is 547 g/mol. The number of rotatable bonds is 6. The molecule has 0 bridgehead atoms. The van der Waals surface area contributed by atoms with Gasteiger partial charge in [-0.2, -0.15) is 0 Å². The third-order valence-electron chi connectivity index (χ3n) is 7.41. The van der Waals surface area contributed by atoms with Crippen LogP contribution in [0.15, 0.2) is 72.3 Å². The summed E-state index contributed by atoms with van der Waals surface area (Å²) in [6.45, 7) is 2.61. The lowest BCUT2D eigenvalue weighted by atomic mass is 9.79. The third kappa shape index (κ3) is 5.45. The smallest absolute Gasteiger partial charge is 0.258 e. The van der Waals surface area contributed by atoms with Gasteiger partial charge in [0.2, 0.25) is 0 Å². The second kappa shape index (κ2) is 11.0. The SMILES string of the molecule is CCOc1cc(C(=O)N2CC[C@]3(C=C(C=O)CC3)Cc3ccccc32)ccc1NC(=O)c1cc(F)ccc1Cl. The van der Waals surface area contributed by atoms with Crippen molar-refractivity contribution in [1.29, 1.82) is 0 Å². The highest BCUT2D eigenvalue weighted by molar-refractivity contribution is 6.34. The number of hydrogen-bond donors (Lipinski definition) is 1. The molecular formula is C31H28ClFN2O4. The van der Waals surface area contributed by atoms with Crippen molar-refractivity contribution < 1.29 is 23.5 Å². The normalized spacial score (nSPS) is 18.2. The molecule has 39 heavy (non-hydrogen) atoms. The number of nitrogens with one attached hydrogen (secondary N) is 1. The van der Waals surface area contributed by atoms with Crippen molar-refractivity contribution in [2.75, 3.05) is 23.4 Å². The molecule has 0 unspecified atom stereocenters. The number of hydrogen-bond acceptors (Lipinski definition) is 4. The molecule has 0 fully saturated rings. The summed E-state index contributed by atoms with van der Waals surface area (Å²) in [5, 5.41) is 2.84. The van der Waals surface area contributed by atoms with Crippen LogP contribution in [0, 0.1) is 11.2 Å². The number of halogens is 2. The zero-order valence-electron chi connectivity index (χ0n) is 21.5. The molecule has 1 N–H and O–H groups in total. The molecule has 2 amide bonds. The van der Waals surface area contributed by atoms with Crippen LogP contribution in [0.25, 0.3) is 0 Å². The Morgan fingerprint density at radius 2 is 1.95 bits per heavy atom. The van der Waals surface area contributed by atoms with E-state index in [1.807, 2.05) is 24.3 Å². The number of carbonyl (C=O) groups excluding carboxylic acids is 3. The van der Waals surface area contributed by atoms with E-state index in [0.717, 1.165) is 54.9 Å². The Morgan fingerprint density at radius 3 is 2.72 bits per heavy atom. The Kier molecular flexibility index (Phi) is 7.53. The molecule has 1 atom stereocenters. The maximum atomic E-state index is 13.9. The summed E-state index contributed by atoms with van der Waals surface area (Å²) in [4.78, 5) is 39.9. The first-order valence-corrected chi connectivity index (χ1v) is 13.3. The molecule has 1 aliphatic heterocycles. The number of carbonyl (C=O) groups is 3. The number of nitrogens with zero attached hydrogens (tertiary/aromatic N) is 1. The standard InChI is InChI=1S/C31H28ClFN2O4/c1-2-39-28-15-21(7-10-26(28)34-29(37)24-16-23(33)8-9-25(24)32)30(38)35-14-13-31(12-11-20(17-31)19-36)18-22-5-3-4-6-27(22)35/h3-10,15-17,19H,2,11-14,18H2,1H3,(H,34,37)/t31-/m1/s1. The van der Waals surface area contributed by atoms with Crippen LogP contribution in [0.2, 0.25) is 5.02 Å². The van der Waals surface area contributed by atoms with Crippen LogP contribution in [0.1, 0.15) is 52.5 Å². The van der Waals surface area contributed by atoms with Crippen LogP contribution in [0.3, 0.4) is 0 Å². The van der Waals surface area contributed by atoms with Crippen LogP contribution >= 0.6 is 11.6 Å². The molecule has 3 aromatic carbocycles. The van der Waals surface area contributed by atoms with Crippen LogP contribution in [0.5, 0.6) is 5.75 Å². The summed E-state index contributed by atoms with van der Waals surface area (Å²) in [6.07, 6.45) is 6.18. The first-order chi connectivity index (χ1) is 18.8. The lowest BCUT2D eigenvalue weighted by molar-refractivity contribution is -0.105. The van der Waals surface area contributed by atoms with Gasteiger partial charge in [-0.15, -0.1) is 0 Å². The largest absolute Gasteiger partial charge is 0.492 e. The molecule has 0 saturated heterocycles. The Hall–Kier alpha value is -3.97. The Morgan fingerprint density at radius 1 is 1.13 bits per heavy atom. The highest BCUT2D eigenvalue weighted by atomic mass is 35.5. The monoisotopic (exact) mass is 546 g/mol. The highest BCUT2D eigenvalue weighted by Crippen LogP contribution is 2.45. The Balaban J connectivity index is 1.44. The number of amides is 2. The molecular weight excluding hydrogens is 519 g/mol. The first kappa shape index (κ1) is 26.6. The third-order valence-corrected chi connectivity index (χ3v) is 7.74. The van der Waals surface area contributed by atoms with Gasteiger partial charge in [0.05, 0.1) is 22.9 Å². The summed E-state index contributed by atoms with van der Waals surface area (Å²) in [6, 6.07) is 16.3. The van der Waals surface area contributed by atoms with Gasteiger partial charge < -0.3 is 15.0 Å². The highest BCUT2D eigenvalue weighted by Gasteiger charge is 2.38. The minimum Gasteiger partial charge on any atom is -0.492 e. The quantitative estimate of drug-likeness (QED) is 0.352. The van der Waals surface area contributed by atoms with Crippen molar-refractivity contribution in [3.8, 4) is 5.75 Å². The van der Waals surface area contributed by atoms with Crippen LogP contribution < -0.4 is 15.0 Å². The van der Waals surface area contributed by atoms with Gasteiger partial charge in [-0.25, -0.2) is 4.39 Å². The minimum absolute atomic E-state index is 0.00642. The molecule has 0 radical (unpaired) electrons. The van der Waals surface area contributed by atoms with Gasteiger partial charge in [0.1, 0.15) is 17.9 Å². The number of ether oxygens (including phenoxy) is 1. The fraction of sp³-hybridized carbons (Fsp3) is 0.258. The number of aldehydes is 1. The number of benzene rings is 3. The van der Waals surface area contributed by atoms with Gasteiger partial charge in [-0.05, 0) is 91.6 Å². The molecule has 0 saturated carbocycles. The van der Waals surface area contributed by atoms with E-state index in [1.54, 1.807) is 30.0 Å². The zero-order valence-corrected chi connectivity index (χ0v) is 22.3. The maximum absolute atomic E-state index is 13.9. The molecule has 1 heterocycles. The molecule has 3 aromatic rings. The van der Waals surface area contributed by atoms with Gasteiger partial charge in [-0.3, -0.25) is 14.4 Å². The Bertz CT molecular complexity index is 1490. The zero-order chi connectivity index (χ0) is 27.6. The van der Waals surface area contributed by atoms with Gasteiger partial charge in [0, 0.05) is 17.8 Å². The summed E-state index contributed by atoms with van der Waals surface area (Å²) in [7, 11) is 0. The fourth-order valence-corrected chi connectivity index (χ4v) is 5.67. The van der Waals surface area contributed by atoms with Gasteiger partial charge in [0.15, 0.2) is 0 Å². The maximum Gasteiger partial charge on any atom is 0.258 e. The first-order valence-electron chi connectivity index (χ1n) is 12.9. The van der Waals surface area contributed by atoms with E-state index < -0.39 is 11.7 Å². The van der Waals surface area contributed by atoms with E-state index >= 15 is 0 Å². The minimum atomic E-state index is -0.592. The molecule has 200 valence electrons. The summed E-state index contributed by atoms with van der Waals surface area (Å²) < 4.78 is 19.5. The van der Waals surface area contributed by atoms with Gasteiger partial charge in [-0.1, -0.05) is 35.9 Å². The van der Waals surface area contributed by atoms with Crippen LogP contribution in [0.4, 0.5) is 15.8 Å². The van der Waals surface area contributed by atoms with Crippen molar-refractivity contribution in [2.45, 2.75) is 32.6 Å². The van der Waals surface area contributed by atoms with Crippen molar-refractivity contribution in [3.05, 3.63) is 99.8 Å². The number of para-hydroxylation sites is 1. The summed E-state index contributed by atoms with van der Waals surface area (Å²) >= 11 is 6.10. The molecule has 5 rings (SSSR count). The number of allylic oxidation sites excluding steroid dienone is 2. The van der Waals surface area contributed by atoms with Crippen molar-refractivity contribution in [3.63, 3.8) is 0 Å². The number of anilines is 2. The predicted molar refractivity (Wildman–Crippen MR) is 149 cm³/mol. The molecule has 1 aliphatic carbocycles. The topological polar surface area (TPSA) is 75.7 Å². The second-order valence-corrected chi connectivity index (χ2v) is 10.3. The van der Waals surface area contributed by atoms with Gasteiger partial charge >= 0.3 is 0 Å². The van der Waals surface area contributed by atoms with Crippen LogP contribution in [-0.2, 0) is 11.2 Å². The van der Waals surface area contributed by atoms with Crippen LogP contribution in [-0.4, -0.2) is 31.3 Å². The molecule has 2 aliphatic rings.